The fourth-order valence-electron chi connectivity index (χ4n) is 5.62. The second-order valence-electron chi connectivity index (χ2n) is 9.20. The van der Waals surface area contributed by atoms with E-state index in [4.69, 9.17) is 4.98 Å². The molecule has 0 atom stereocenters. The molecule has 0 aliphatic heterocycles. The zero-order valence-electron chi connectivity index (χ0n) is 21.6. The molecule has 8 rings (SSSR count). The molecule has 0 spiro atoms. The Kier molecular flexibility index (Phi) is 7.29. The van der Waals surface area contributed by atoms with E-state index >= 15 is 0 Å². The molecule has 0 fully saturated rings. The minimum atomic E-state index is -4.72. The average molecular weight is 617 g/mol. The Balaban J connectivity index is 0.00000158. The van der Waals surface area contributed by atoms with Crippen molar-refractivity contribution in [3.8, 4) is 0 Å². The third-order valence-electron chi connectivity index (χ3n) is 7.21. The largest absolute Gasteiger partial charge is 1.00 e. The molecule has 4 heterocycles. The van der Waals surface area contributed by atoms with Crippen LogP contribution in [0.1, 0.15) is 0 Å². The van der Waals surface area contributed by atoms with Gasteiger partial charge in [-0.15, -0.1) is 0 Å². The number of nitrogens with zero attached hydrogens (tertiary/aromatic N) is 4. The summed E-state index contributed by atoms with van der Waals surface area (Å²) in [6.07, 6.45) is 0. The summed E-state index contributed by atoms with van der Waals surface area (Å²) in [7, 11) is -4.72. The number of aromatic nitrogens is 4. The smallest absolute Gasteiger partial charge is 0.744 e. The van der Waals surface area contributed by atoms with Gasteiger partial charge < -0.3 is 9.81 Å². The van der Waals surface area contributed by atoms with Crippen LogP contribution < -0.4 is 75.5 Å². The summed E-state index contributed by atoms with van der Waals surface area (Å²) < 4.78 is 42.0. The van der Waals surface area contributed by atoms with Gasteiger partial charge in [0.1, 0.15) is 21.4 Å². The molecule has 16 heteroatoms. The van der Waals surface area contributed by atoms with E-state index in [1.807, 2.05) is 0 Å². The quantitative estimate of drug-likeness (QED) is 0.0480. The molecule has 0 unspecified atom stereocenters. The van der Waals surface area contributed by atoms with Crippen molar-refractivity contribution in [2.45, 2.75) is 9.79 Å². The standard InChI is InChI=1S/C26H12N4O8S2.2Na/c31-25-15-5-6-16-22-14(24-28-18-10-12(40(34,35)36)2-8-20(18)30(24)26(16)32)4-3-13(21(15)22)23-27-17-9-11(39-38-37-33)1-7-19(17)29(23)25;;/h1-10,33H,(H,34,35,36);;/q;2*+1/p-2. The number of hydrogen-bond donors (Lipinski definition) is 0. The number of benzene rings is 4. The van der Waals surface area contributed by atoms with Crippen molar-refractivity contribution in [2.75, 3.05) is 0 Å². The van der Waals surface area contributed by atoms with Crippen LogP contribution in [0.25, 0.3) is 65.7 Å². The van der Waals surface area contributed by atoms with Gasteiger partial charge in [0, 0.05) is 37.2 Å². The van der Waals surface area contributed by atoms with Gasteiger partial charge in [0.15, 0.2) is 0 Å². The van der Waals surface area contributed by atoms with E-state index in [2.05, 4.69) is 14.4 Å². The first-order valence-electron chi connectivity index (χ1n) is 11.6. The predicted molar refractivity (Wildman–Crippen MR) is 142 cm³/mol. The van der Waals surface area contributed by atoms with Gasteiger partial charge in [-0.3, -0.25) is 23.4 Å². The van der Waals surface area contributed by atoms with Gasteiger partial charge in [0.05, 0.1) is 39.0 Å². The molecule has 0 aliphatic rings. The van der Waals surface area contributed by atoms with Gasteiger partial charge in [0.2, 0.25) is 0 Å². The van der Waals surface area contributed by atoms with Gasteiger partial charge >= 0.3 is 59.1 Å². The van der Waals surface area contributed by atoms with E-state index in [0.29, 0.717) is 71.5 Å². The number of hydrogen-bond acceptors (Lipinski definition) is 11. The van der Waals surface area contributed by atoms with Gasteiger partial charge in [-0.2, -0.15) is 4.33 Å². The fraction of sp³-hybridized carbons (Fsp3) is 0. The Labute approximate surface area is 281 Å². The molecule has 0 saturated carbocycles. The van der Waals surface area contributed by atoms with Crippen LogP contribution in [0.3, 0.4) is 0 Å². The van der Waals surface area contributed by atoms with Crippen LogP contribution in [-0.2, 0) is 19.5 Å². The van der Waals surface area contributed by atoms with Crippen molar-refractivity contribution in [2.24, 2.45) is 0 Å². The molecule has 0 amide bonds. The van der Waals surface area contributed by atoms with E-state index in [1.165, 1.54) is 14.9 Å². The Morgan fingerprint density at radius 1 is 0.714 bits per heavy atom. The van der Waals surface area contributed by atoms with E-state index in [9.17, 15) is 27.8 Å². The minimum absolute atomic E-state index is 0. The van der Waals surface area contributed by atoms with Gasteiger partial charge in [0.25, 0.3) is 11.1 Å². The molecule has 12 nitrogen and oxygen atoms in total. The van der Waals surface area contributed by atoms with Crippen molar-refractivity contribution in [3.63, 3.8) is 0 Å². The number of fused-ring (bicyclic) bond motifs is 8. The Hall–Kier alpha value is -2.44. The van der Waals surface area contributed by atoms with Crippen LogP contribution in [0.2, 0.25) is 0 Å². The van der Waals surface area contributed by atoms with E-state index in [0.717, 1.165) is 12.1 Å². The molecule has 0 bridgehead atoms. The zero-order chi connectivity index (χ0) is 27.5. The Morgan fingerprint density at radius 3 is 1.74 bits per heavy atom. The maximum Gasteiger partial charge on any atom is 1.00 e. The monoisotopic (exact) mass is 616 g/mol. The molecule has 4 aromatic heterocycles. The molecule has 8 aromatic rings. The van der Waals surface area contributed by atoms with Crippen LogP contribution in [0.4, 0.5) is 0 Å². The summed E-state index contributed by atoms with van der Waals surface area (Å²) in [5.41, 5.74) is 1.49. The molecular weight excluding hydrogens is 606 g/mol. The molecule has 0 aliphatic carbocycles. The van der Waals surface area contributed by atoms with E-state index in [-0.39, 0.29) is 75.8 Å². The fourth-order valence-corrected chi connectivity index (χ4v) is 6.50. The third-order valence-corrected chi connectivity index (χ3v) is 8.61. The van der Waals surface area contributed by atoms with Crippen molar-refractivity contribution < 1.29 is 86.7 Å². The van der Waals surface area contributed by atoms with Crippen molar-refractivity contribution in [3.05, 3.63) is 81.4 Å². The number of imidazole rings is 2. The van der Waals surface area contributed by atoms with Gasteiger partial charge in [-0.05, 0) is 60.7 Å². The number of pyridine rings is 2. The van der Waals surface area contributed by atoms with Crippen LogP contribution in [0.5, 0.6) is 0 Å². The molecule has 0 N–H and O–H groups in total. The third kappa shape index (κ3) is 4.03. The molecular formula is C26H10N4Na2O8S2. The first kappa shape index (κ1) is 29.6. The van der Waals surface area contributed by atoms with Crippen LogP contribution in [0.15, 0.2) is 80.0 Å². The van der Waals surface area contributed by atoms with Gasteiger partial charge in [-0.25, -0.2) is 18.4 Å². The minimum Gasteiger partial charge on any atom is -0.744 e. The first-order chi connectivity index (χ1) is 19.3. The summed E-state index contributed by atoms with van der Waals surface area (Å²) in [4.78, 5) is 36.9. The van der Waals surface area contributed by atoms with Crippen molar-refractivity contribution in [1.29, 1.82) is 0 Å². The summed E-state index contributed by atoms with van der Waals surface area (Å²) in [6, 6.07) is 15.5. The van der Waals surface area contributed by atoms with Crippen LogP contribution in [-0.4, -0.2) is 31.7 Å². The van der Waals surface area contributed by atoms with Crippen LogP contribution in [0, 0.1) is 0 Å². The van der Waals surface area contributed by atoms with Crippen molar-refractivity contribution >= 4 is 87.8 Å². The molecule has 0 saturated heterocycles. The second-order valence-corrected chi connectivity index (χ2v) is 11.4. The number of rotatable bonds is 4. The van der Waals surface area contributed by atoms with Crippen LogP contribution >= 0.6 is 12.0 Å². The molecule has 196 valence electrons. The average Bonchev–Trinajstić information content (AvgIpc) is 3.52. The predicted octanol–water partition coefficient (Wildman–Crippen LogP) is -3.51. The first-order valence-corrected chi connectivity index (χ1v) is 13.7. The summed E-state index contributed by atoms with van der Waals surface area (Å²) in [6.45, 7) is 0. The van der Waals surface area contributed by atoms with E-state index < -0.39 is 20.6 Å². The summed E-state index contributed by atoms with van der Waals surface area (Å²) >= 11 is 0.709. The Bertz CT molecular complexity index is 2630. The topological polar surface area (TPSA) is 167 Å². The maximum absolute atomic E-state index is 13.8. The Morgan fingerprint density at radius 2 is 1.21 bits per heavy atom. The van der Waals surface area contributed by atoms with E-state index in [1.54, 1.807) is 42.5 Å². The molecule has 4 aromatic carbocycles. The maximum atomic E-state index is 13.8. The van der Waals surface area contributed by atoms with Crippen molar-refractivity contribution in [1.82, 2.24) is 18.8 Å². The summed E-state index contributed by atoms with van der Waals surface area (Å²) in [5.74, 6) is 0. The second kappa shape index (κ2) is 10.3. The molecule has 0 radical (unpaired) electrons. The molecule has 42 heavy (non-hydrogen) atoms. The zero-order valence-corrected chi connectivity index (χ0v) is 27.3. The van der Waals surface area contributed by atoms with Gasteiger partial charge in [-0.1, -0.05) is 0 Å². The normalized spacial score (nSPS) is 12.3. The SMILES string of the molecule is O=c1c2ccc3c(=O)n4c5ccc(S(=O)(=O)[O-])cc5nc4c4ccc(c2c34)c2nc3cc(SOO[O-])ccc3n12.[Na+].[Na+]. The summed E-state index contributed by atoms with van der Waals surface area (Å²) in [5, 5.41) is 16.6.